The summed E-state index contributed by atoms with van der Waals surface area (Å²) in [5.41, 5.74) is 2.20. The summed E-state index contributed by atoms with van der Waals surface area (Å²) in [6.07, 6.45) is 6.11. The third-order valence-corrected chi connectivity index (χ3v) is 6.05. The van der Waals surface area contributed by atoms with E-state index in [4.69, 9.17) is 9.15 Å². The topological polar surface area (TPSA) is 67.6 Å². The van der Waals surface area contributed by atoms with Crippen molar-refractivity contribution in [2.45, 2.75) is 19.4 Å². The van der Waals surface area contributed by atoms with E-state index >= 15 is 0 Å². The predicted octanol–water partition coefficient (Wildman–Crippen LogP) is 3.97. The fourth-order valence-electron chi connectivity index (χ4n) is 3.47. The molecular formula is C21H23N3O3S. The molecule has 0 radical (unpaired) electrons. The molecule has 3 aromatic heterocycles. The molecule has 1 fully saturated rings. The Morgan fingerprint density at radius 2 is 2.18 bits per heavy atom. The second kappa shape index (κ2) is 8.68. The van der Waals surface area contributed by atoms with Crippen molar-refractivity contribution < 1.29 is 13.9 Å². The van der Waals surface area contributed by atoms with Gasteiger partial charge >= 0.3 is 0 Å². The lowest BCUT2D eigenvalue weighted by Gasteiger charge is -2.35. The molecule has 7 heteroatoms. The number of hydrogen-bond acceptors (Lipinski definition) is 6. The minimum Gasteiger partial charge on any atom is -0.459 e. The fourth-order valence-corrected chi connectivity index (χ4v) is 4.49. The number of thiophene rings is 1. The molecule has 3 aromatic rings. The van der Waals surface area contributed by atoms with Gasteiger partial charge in [-0.3, -0.25) is 14.7 Å². The van der Waals surface area contributed by atoms with E-state index in [1.807, 2.05) is 12.3 Å². The highest BCUT2D eigenvalue weighted by atomic mass is 32.1. The maximum Gasteiger partial charge on any atom is 0.291 e. The van der Waals surface area contributed by atoms with Gasteiger partial charge in [-0.1, -0.05) is 13.0 Å². The van der Waals surface area contributed by atoms with E-state index < -0.39 is 0 Å². The summed E-state index contributed by atoms with van der Waals surface area (Å²) in [7, 11) is 0. The number of ether oxygens (including phenoxy) is 1. The summed E-state index contributed by atoms with van der Waals surface area (Å²) in [4.78, 5) is 20.6. The van der Waals surface area contributed by atoms with E-state index in [9.17, 15) is 4.79 Å². The molecule has 1 aliphatic rings. The summed E-state index contributed by atoms with van der Waals surface area (Å²) >= 11 is 1.62. The van der Waals surface area contributed by atoms with Gasteiger partial charge in [-0.25, -0.2) is 0 Å². The normalized spacial score (nSPS) is 16.0. The van der Waals surface area contributed by atoms with Gasteiger partial charge in [0.2, 0.25) is 0 Å². The molecule has 1 aliphatic heterocycles. The largest absolute Gasteiger partial charge is 0.459 e. The van der Waals surface area contributed by atoms with Gasteiger partial charge in [0.25, 0.3) is 5.91 Å². The first-order valence-corrected chi connectivity index (χ1v) is 10.3. The van der Waals surface area contributed by atoms with Crippen molar-refractivity contribution in [1.82, 2.24) is 9.88 Å². The Kier molecular flexibility index (Phi) is 5.85. The van der Waals surface area contributed by atoms with Crippen molar-refractivity contribution in [3.63, 3.8) is 0 Å². The zero-order chi connectivity index (χ0) is 19.3. The van der Waals surface area contributed by atoms with E-state index in [1.165, 1.54) is 11.1 Å². The SMILES string of the molecule is CCc1cc([C@H](c2cccnc2)N2CCOCC2)c(NC(=O)c2ccco2)s1. The summed E-state index contributed by atoms with van der Waals surface area (Å²) in [5, 5.41) is 3.92. The van der Waals surface area contributed by atoms with Gasteiger partial charge in [0.15, 0.2) is 5.76 Å². The van der Waals surface area contributed by atoms with Crippen molar-refractivity contribution in [1.29, 1.82) is 0 Å². The van der Waals surface area contributed by atoms with Crippen LogP contribution in [0.15, 0.2) is 53.4 Å². The number of carbonyl (C=O) groups is 1. The molecule has 1 saturated heterocycles. The second-order valence-electron chi connectivity index (χ2n) is 6.62. The van der Waals surface area contributed by atoms with Gasteiger partial charge in [0.1, 0.15) is 5.00 Å². The Bertz CT molecular complexity index is 902. The number of nitrogens with zero attached hydrogens (tertiary/aromatic N) is 2. The van der Waals surface area contributed by atoms with Crippen LogP contribution in [-0.4, -0.2) is 42.1 Å². The standard InChI is InChI=1S/C21H23N3O3S/c1-2-16-13-17(21(28-16)23-20(25)18-6-4-10-27-18)19(15-5-3-7-22-14-15)24-8-11-26-12-9-24/h3-7,10,13-14,19H,2,8-9,11-12H2,1H3,(H,23,25)/t19-/m0/s1. The van der Waals surface area contributed by atoms with Crippen LogP contribution in [0.3, 0.4) is 0 Å². The van der Waals surface area contributed by atoms with Crippen molar-refractivity contribution >= 4 is 22.2 Å². The third kappa shape index (κ3) is 4.01. The zero-order valence-electron chi connectivity index (χ0n) is 15.8. The summed E-state index contributed by atoms with van der Waals surface area (Å²) in [6.45, 7) is 5.21. The van der Waals surface area contributed by atoms with Gasteiger partial charge < -0.3 is 14.5 Å². The molecule has 0 saturated carbocycles. The fraction of sp³-hybridized carbons (Fsp3) is 0.333. The Hall–Kier alpha value is -2.48. The quantitative estimate of drug-likeness (QED) is 0.682. The third-order valence-electron chi connectivity index (χ3n) is 4.84. The number of carbonyl (C=O) groups excluding carboxylic acids is 1. The molecule has 0 unspecified atom stereocenters. The maximum atomic E-state index is 12.6. The zero-order valence-corrected chi connectivity index (χ0v) is 16.6. The Balaban J connectivity index is 1.72. The van der Waals surface area contributed by atoms with Gasteiger partial charge in [0, 0.05) is 35.9 Å². The number of nitrogens with one attached hydrogen (secondary N) is 1. The van der Waals surface area contributed by atoms with E-state index in [0.29, 0.717) is 19.0 Å². The number of aryl methyl sites for hydroxylation is 1. The van der Waals surface area contributed by atoms with Crippen LogP contribution in [0.4, 0.5) is 5.00 Å². The second-order valence-corrected chi connectivity index (χ2v) is 7.76. The van der Waals surface area contributed by atoms with E-state index in [-0.39, 0.29) is 11.9 Å². The first-order chi connectivity index (χ1) is 13.8. The maximum absolute atomic E-state index is 12.6. The number of furan rings is 1. The molecule has 0 aromatic carbocycles. The molecule has 4 heterocycles. The van der Waals surface area contributed by atoms with E-state index in [2.05, 4.69) is 34.3 Å². The number of amides is 1. The first-order valence-electron chi connectivity index (χ1n) is 9.45. The molecule has 0 spiro atoms. The summed E-state index contributed by atoms with van der Waals surface area (Å²) in [6, 6.07) is 9.65. The predicted molar refractivity (Wildman–Crippen MR) is 109 cm³/mol. The van der Waals surface area contributed by atoms with Gasteiger partial charge in [-0.05, 0) is 36.2 Å². The molecule has 6 nitrogen and oxygen atoms in total. The van der Waals surface area contributed by atoms with Crippen LogP contribution in [0.5, 0.6) is 0 Å². The number of anilines is 1. The lowest BCUT2D eigenvalue weighted by atomic mass is 9.99. The van der Waals surface area contributed by atoms with Crippen molar-refractivity contribution in [3.05, 3.63) is 70.8 Å². The molecule has 0 bridgehead atoms. The number of hydrogen-bond donors (Lipinski definition) is 1. The minimum atomic E-state index is -0.234. The van der Waals surface area contributed by atoms with Gasteiger partial charge in [-0.2, -0.15) is 0 Å². The monoisotopic (exact) mass is 397 g/mol. The van der Waals surface area contributed by atoms with Crippen LogP contribution >= 0.6 is 11.3 Å². The Labute approximate surface area is 168 Å². The molecule has 0 aliphatic carbocycles. The van der Waals surface area contributed by atoms with Crippen LogP contribution in [0, 0.1) is 0 Å². The average Bonchev–Trinajstić information content (AvgIpc) is 3.41. The summed E-state index contributed by atoms with van der Waals surface area (Å²) in [5.74, 6) is 0.0735. The highest BCUT2D eigenvalue weighted by Gasteiger charge is 2.29. The van der Waals surface area contributed by atoms with Crippen molar-refractivity contribution in [3.8, 4) is 0 Å². The lowest BCUT2D eigenvalue weighted by Crippen LogP contribution is -2.39. The number of pyridine rings is 1. The first kappa shape index (κ1) is 18.9. The number of aromatic nitrogens is 1. The van der Waals surface area contributed by atoms with Crippen LogP contribution in [0.25, 0.3) is 0 Å². The molecule has 1 amide bonds. The van der Waals surface area contributed by atoms with Gasteiger partial charge in [-0.15, -0.1) is 11.3 Å². The molecule has 4 rings (SSSR count). The Morgan fingerprint density at radius 3 is 2.86 bits per heavy atom. The summed E-state index contributed by atoms with van der Waals surface area (Å²) < 4.78 is 10.8. The van der Waals surface area contributed by atoms with Crippen LogP contribution in [0.2, 0.25) is 0 Å². The highest BCUT2D eigenvalue weighted by molar-refractivity contribution is 7.16. The lowest BCUT2D eigenvalue weighted by molar-refractivity contribution is 0.0240. The Morgan fingerprint density at radius 1 is 1.32 bits per heavy atom. The number of rotatable bonds is 6. The molecule has 146 valence electrons. The van der Waals surface area contributed by atoms with Gasteiger partial charge in [0.05, 0.1) is 25.5 Å². The molecule has 1 atom stereocenters. The van der Waals surface area contributed by atoms with Crippen molar-refractivity contribution in [2.24, 2.45) is 0 Å². The smallest absolute Gasteiger partial charge is 0.291 e. The molecular weight excluding hydrogens is 374 g/mol. The molecule has 1 N–H and O–H groups in total. The van der Waals surface area contributed by atoms with E-state index in [1.54, 1.807) is 29.7 Å². The van der Waals surface area contributed by atoms with Crippen LogP contribution in [0.1, 0.15) is 39.5 Å². The number of morpholine rings is 1. The molecule has 28 heavy (non-hydrogen) atoms. The van der Waals surface area contributed by atoms with Crippen LogP contribution in [-0.2, 0) is 11.2 Å². The highest BCUT2D eigenvalue weighted by Crippen LogP contribution is 2.39. The van der Waals surface area contributed by atoms with E-state index in [0.717, 1.165) is 35.6 Å². The van der Waals surface area contributed by atoms with Crippen LogP contribution < -0.4 is 5.32 Å². The van der Waals surface area contributed by atoms with Crippen molar-refractivity contribution in [2.75, 3.05) is 31.6 Å². The average molecular weight is 398 g/mol. The minimum absolute atomic E-state index is 0.0149.